The predicted molar refractivity (Wildman–Crippen MR) is 164 cm³/mol. The summed E-state index contributed by atoms with van der Waals surface area (Å²) in [5.74, 6) is 1.79. The topological polar surface area (TPSA) is 78.2 Å². The Bertz CT molecular complexity index is 1640. The van der Waals surface area contributed by atoms with Crippen LogP contribution in [-0.4, -0.2) is 38.2 Å². The average Bonchev–Trinajstić information content (AvgIpc) is 3.27. The summed E-state index contributed by atoms with van der Waals surface area (Å²) in [7, 11) is 3.24. The van der Waals surface area contributed by atoms with Crippen molar-refractivity contribution in [1.29, 1.82) is 0 Å². The molecule has 0 saturated heterocycles. The smallest absolute Gasteiger partial charge is 0.290 e. The molecule has 0 saturated carbocycles. The molecule has 1 atom stereocenters. The number of fused-ring (bicyclic) bond motifs is 2. The van der Waals surface area contributed by atoms with Crippen LogP contribution in [0.3, 0.4) is 0 Å². The van der Waals surface area contributed by atoms with E-state index in [9.17, 15) is 9.59 Å². The van der Waals surface area contributed by atoms with Crippen LogP contribution in [-0.2, 0) is 6.42 Å². The molecule has 1 aliphatic heterocycles. The predicted octanol–water partition coefficient (Wildman–Crippen LogP) is 7.17. The molecule has 5 rings (SSSR count). The van der Waals surface area contributed by atoms with E-state index in [0.29, 0.717) is 47.6 Å². The lowest BCUT2D eigenvalue weighted by molar-refractivity contribution is 0.0730. The average molecular weight is 570 g/mol. The van der Waals surface area contributed by atoms with Crippen LogP contribution in [0.5, 0.6) is 17.2 Å². The van der Waals surface area contributed by atoms with Crippen LogP contribution >= 0.6 is 0 Å². The normalized spacial score (nSPS) is 14.4. The number of amides is 1. The highest BCUT2D eigenvalue weighted by atomic mass is 16.5. The second kappa shape index (κ2) is 12.7. The zero-order valence-corrected chi connectivity index (χ0v) is 25.1. The highest BCUT2D eigenvalue weighted by molar-refractivity contribution is 5.99. The number of ether oxygens (including phenoxy) is 3. The number of carbonyl (C=O) groups excluding carboxylic acids is 1. The number of benzene rings is 3. The Hall–Kier alpha value is -4.26. The lowest BCUT2D eigenvalue weighted by atomic mass is 9.96. The molecule has 0 N–H and O–H groups in total. The molecule has 2 heterocycles. The van der Waals surface area contributed by atoms with Gasteiger partial charge in [-0.15, -0.1) is 0 Å². The molecular weight excluding hydrogens is 530 g/mol. The van der Waals surface area contributed by atoms with Crippen molar-refractivity contribution in [3.8, 4) is 17.2 Å². The summed E-state index contributed by atoms with van der Waals surface area (Å²) in [6.45, 7) is 7.03. The monoisotopic (exact) mass is 569 g/mol. The minimum Gasteiger partial charge on any atom is -0.497 e. The van der Waals surface area contributed by atoms with E-state index in [0.717, 1.165) is 47.3 Å². The number of hydrogen-bond acceptors (Lipinski definition) is 6. The van der Waals surface area contributed by atoms with E-state index in [4.69, 9.17) is 18.6 Å². The Morgan fingerprint density at radius 1 is 0.881 bits per heavy atom. The molecule has 1 amide bonds. The summed E-state index contributed by atoms with van der Waals surface area (Å²) in [5.41, 5.74) is 4.24. The highest BCUT2D eigenvalue weighted by Crippen LogP contribution is 2.41. The third-order valence-electron chi connectivity index (χ3n) is 7.97. The second-order valence-corrected chi connectivity index (χ2v) is 10.9. The summed E-state index contributed by atoms with van der Waals surface area (Å²) >= 11 is 0. The van der Waals surface area contributed by atoms with Crippen LogP contribution in [0.25, 0.3) is 11.0 Å². The van der Waals surface area contributed by atoms with Crippen molar-refractivity contribution >= 4 is 16.9 Å². The summed E-state index contributed by atoms with van der Waals surface area (Å²) in [6.07, 6.45) is 5.02. The summed E-state index contributed by atoms with van der Waals surface area (Å²) < 4.78 is 23.3. The number of unbranched alkanes of at least 4 members (excludes halogenated alkanes) is 3. The number of methoxy groups -OCH3 is 2. The van der Waals surface area contributed by atoms with Gasteiger partial charge in [-0.3, -0.25) is 9.59 Å². The number of hydrogen-bond donors (Lipinski definition) is 0. The molecule has 0 aliphatic carbocycles. The Kier molecular flexibility index (Phi) is 8.86. The highest BCUT2D eigenvalue weighted by Gasteiger charge is 2.43. The van der Waals surface area contributed by atoms with E-state index in [-0.39, 0.29) is 17.1 Å². The lowest BCUT2D eigenvalue weighted by Gasteiger charge is -2.26. The third-order valence-corrected chi connectivity index (χ3v) is 7.97. The van der Waals surface area contributed by atoms with Gasteiger partial charge < -0.3 is 23.5 Å². The number of rotatable bonds is 12. The van der Waals surface area contributed by atoms with Crippen molar-refractivity contribution in [3.63, 3.8) is 0 Å². The SMILES string of the molecule is CCCCCCOc1ccc(C2c3c(oc4cc(C)cc(C)c4c3=O)C(=O)N2CCc2ccc(OC)cc2)cc1OC. The van der Waals surface area contributed by atoms with Crippen molar-refractivity contribution in [2.45, 2.75) is 58.9 Å². The number of carbonyl (C=O) groups is 1. The van der Waals surface area contributed by atoms with Crippen LogP contribution < -0.4 is 19.6 Å². The zero-order valence-electron chi connectivity index (χ0n) is 25.1. The molecule has 1 aliphatic rings. The van der Waals surface area contributed by atoms with Crippen molar-refractivity contribution in [2.75, 3.05) is 27.4 Å². The summed E-state index contributed by atoms with van der Waals surface area (Å²) in [5, 5.41) is 0.508. The van der Waals surface area contributed by atoms with Gasteiger partial charge in [0.25, 0.3) is 5.91 Å². The molecule has 0 spiro atoms. The minimum absolute atomic E-state index is 0.104. The molecule has 0 radical (unpaired) electrons. The molecule has 7 heteroatoms. The van der Waals surface area contributed by atoms with Gasteiger partial charge >= 0.3 is 0 Å². The van der Waals surface area contributed by atoms with E-state index in [1.54, 1.807) is 19.1 Å². The fraction of sp³-hybridized carbons (Fsp3) is 0.371. The lowest BCUT2D eigenvalue weighted by Crippen LogP contribution is -2.31. The van der Waals surface area contributed by atoms with Crippen molar-refractivity contribution in [1.82, 2.24) is 4.90 Å². The molecule has 0 fully saturated rings. The fourth-order valence-corrected chi connectivity index (χ4v) is 5.82. The largest absolute Gasteiger partial charge is 0.497 e. The van der Waals surface area contributed by atoms with E-state index >= 15 is 0 Å². The van der Waals surface area contributed by atoms with Gasteiger partial charge in [0.2, 0.25) is 5.76 Å². The van der Waals surface area contributed by atoms with Crippen molar-refractivity contribution < 1.29 is 23.4 Å². The van der Waals surface area contributed by atoms with Gasteiger partial charge in [-0.25, -0.2) is 0 Å². The van der Waals surface area contributed by atoms with Crippen LogP contribution in [0.2, 0.25) is 0 Å². The van der Waals surface area contributed by atoms with E-state index in [1.807, 2.05) is 68.4 Å². The zero-order chi connectivity index (χ0) is 29.8. The molecule has 4 aromatic rings. The first-order valence-corrected chi connectivity index (χ1v) is 14.7. The summed E-state index contributed by atoms with van der Waals surface area (Å²) in [4.78, 5) is 29.8. The van der Waals surface area contributed by atoms with Crippen molar-refractivity contribution in [3.05, 3.63) is 98.4 Å². The van der Waals surface area contributed by atoms with Gasteiger partial charge in [0.05, 0.1) is 37.8 Å². The second-order valence-electron chi connectivity index (χ2n) is 10.9. The number of aryl methyl sites for hydroxylation is 2. The Morgan fingerprint density at radius 3 is 2.38 bits per heavy atom. The number of nitrogens with zero attached hydrogens (tertiary/aromatic N) is 1. The Morgan fingerprint density at radius 2 is 1.67 bits per heavy atom. The molecule has 42 heavy (non-hydrogen) atoms. The molecule has 1 unspecified atom stereocenters. The first-order valence-electron chi connectivity index (χ1n) is 14.7. The van der Waals surface area contributed by atoms with Crippen LogP contribution in [0, 0.1) is 13.8 Å². The molecule has 1 aromatic heterocycles. The summed E-state index contributed by atoms with van der Waals surface area (Å²) in [6, 6.07) is 16.6. The van der Waals surface area contributed by atoms with Crippen LogP contribution in [0.4, 0.5) is 0 Å². The Labute approximate surface area is 247 Å². The van der Waals surface area contributed by atoms with Gasteiger partial charge in [0, 0.05) is 6.54 Å². The molecular formula is C35H39NO6. The van der Waals surface area contributed by atoms with Gasteiger partial charge in [-0.2, -0.15) is 0 Å². The molecule has 7 nitrogen and oxygen atoms in total. The maximum Gasteiger partial charge on any atom is 0.290 e. The van der Waals surface area contributed by atoms with E-state index in [2.05, 4.69) is 6.92 Å². The van der Waals surface area contributed by atoms with Gasteiger partial charge in [0.15, 0.2) is 16.9 Å². The van der Waals surface area contributed by atoms with E-state index in [1.165, 1.54) is 6.42 Å². The minimum atomic E-state index is -0.625. The van der Waals surface area contributed by atoms with Gasteiger partial charge in [-0.1, -0.05) is 50.5 Å². The van der Waals surface area contributed by atoms with Crippen molar-refractivity contribution in [2.24, 2.45) is 0 Å². The fourth-order valence-electron chi connectivity index (χ4n) is 5.82. The maximum absolute atomic E-state index is 14.1. The standard InChI is InChI=1S/C35H39NO6/c1-6-7-8-9-18-41-27-15-12-25(21-28(27)40-5)32-31-33(37)30-23(3)19-22(2)20-29(30)42-34(31)35(38)36(32)17-16-24-10-13-26(39-4)14-11-24/h10-15,19-21,32H,6-9,16-18H2,1-5H3. The van der Waals surface area contributed by atoms with Gasteiger partial charge in [-0.05, 0) is 79.3 Å². The first-order chi connectivity index (χ1) is 20.4. The quantitative estimate of drug-likeness (QED) is 0.168. The van der Waals surface area contributed by atoms with Gasteiger partial charge in [0.1, 0.15) is 11.3 Å². The molecule has 220 valence electrons. The first kappa shape index (κ1) is 29.2. The van der Waals surface area contributed by atoms with E-state index < -0.39 is 6.04 Å². The third kappa shape index (κ3) is 5.73. The molecule has 0 bridgehead atoms. The Balaban J connectivity index is 1.55. The van der Waals surface area contributed by atoms with Crippen LogP contribution in [0.1, 0.15) is 77.0 Å². The van der Waals surface area contributed by atoms with Crippen LogP contribution in [0.15, 0.2) is 63.8 Å². The molecule has 3 aromatic carbocycles. The maximum atomic E-state index is 14.1.